The van der Waals surface area contributed by atoms with Gasteiger partial charge in [0.05, 0.1) is 24.9 Å². The number of likely N-dealkylation sites (N-methyl/N-ethyl adjacent to an activating group) is 1. The molecule has 3 aromatic heterocycles. The molecule has 3 rings (SSSR count). The van der Waals surface area contributed by atoms with Gasteiger partial charge in [0, 0.05) is 12.6 Å². The van der Waals surface area contributed by atoms with Crippen LogP contribution in [0.15, 0.2) is 35.2 Å². The molecule has 0 bridgehead atoms. The van der Waals surface area contributed by atoms with Crippen molar-refractivity contribution in [2.24, 2.45) is 0 Å². The molecule has 8 nitrogen and oxygen atoms in total. The lowest BCUT2D eigenvalue weighted by atomic mass is 10.1. The highest BCUT2D eigenvalue weighted by molar-refractivity contribution is 7.07. The molecule has 3 heterocycles. The molecule has 3 aromatic rings. The van der Waals surface area contributed by atoms with E-state index in [2.05, 4.69) is 20.6 Å². The maximum Gasteiger partial charge on any atom is 0.434 e. The fourth-order valence-corrected chi connectivity index (χ4v) is 3.55. The molecular weight excluding hydrogens is 421 g/mol. The van der Waals surface area contributed by atoms with Gasteiger partial charge >= 0.3 is 6.18 Å². The highest BCUT2D eigenvalue weighted by Gasteiger charge is 2.41. The first-order chi connectivity index (χ1) is 14.2. The van der Waals surface area contributed by atoms with Crippen LogP contribution in [0.4, 0.5) is 13.2 Å². The lowest BCUT2D eigenvalue weighted by molar-refractivity contribution is -0.143. The Labute approximate surface area is 174 Å². The second-order valence-corrected chi connectivity index (χ2v) is 7.28. The van der Waals surface area contributed by atoms with Gasteiger partial charge in [-0.1, -0.05) is 0 Å². The molecule has 0 spiro atoms. The average Bonchev–Trinajstić information content (AvgIpc) is 3.37. The summed E-state index contributed by atoms with van der Waals surface area (Å²) >= 11 is 1.50. The van der Waals surface area contributed by atoms with Crippen LogP contribution in [0.1, 0.15) is 27.7 Å². The molecule has 1 N–H and O–H groups in total. The van der Waals surface area contributed by atoms with E-state index < -0.39 is 23.3 Å². The van der Waals surface area contributed by atoms with E-state index in [-0.39, 0.29) is 24.3 Å². The fraction of sp³-hybridized carbons (Fsp3) is 0.333. The number of rotatable bonds is 7. The lowest BCUT2D eigenvalue weighted by Crippen LogP contribution is -2.35. The zero-order valence-corrected chi connectivity index (χ0v) is 17.2. The molecule has 1 amide bonds. The van der Waals surface area contributed by atoms with E-state index in [1.165, 1.54) is 30.6 Å². The van der Waals surface area contributed by atoms with Gasteiger partial charge in [-0.3, -0.25) is 4.79 Å². The highest BCUT2D eigenvalue weighted by atomic mass is 32.1. The van der Waals surface area contributed by atoms with E-state index >= 15 is 0 Å². The number of alkyl halides is 3. The van der Waals surface area contributed by atoms with Crippen molar-refractivity contribution in [1.82, 2.24) is 30.2 Å². The molecule has 1 atom stereocenters. The Morgan fingerprint density at radius 2 is 2.07 bits per heavy atom. The van der Waals surface area contributed by atoms with Crippen molar-refractivity contribution in [3.05, 3.63) is 52.0 Å². The maximum atomic E-state index is 13.8. The minimum Gasteiger partial charge on any atom is -0.480 e. The maximum absolute atomic E-state index is 13.8. The fourth-order valence-electron chi connectivity index (χ4n) is 2.84. The monoisotopic (exact) mass is 440 g/mol. The Hall–Kier alpha value is -2.99. The summed E-state index contributed by atoms with van der Waals surface area (Å²) < 4.78 is 46.7. The lowest BCUT2D eigenvalue weighted by Gasteiger charge is -2.24. The van der Waals surface area contributed by atoms with E-state index in [4.69, 9.17) is 4.74 Å². The van der Waals surface area contributed by atoms with Gasteiger partial charge in [0.15, 0.2) is 11.5 Å². The van der Waals surface area contributed by atoms with Gasteiger partial charge in [0.2, 0.25) is 5.88 Å². The van der Waals surface area contributed by atoms with E-state index in [9.17, 15) is 18.0 Å². The van der Waals surface area contributed by atoms with Crippen LogP contribution in [0.5, 0.6) is 5.88 Å². The van der Waals surface area contributed by atoms with Crippen LogP contribution in [-0.2, 0) is 6.18 Å². The minimum atomic E-state index is -4.83. The van der Waals surface area contributed by atoms with Crippen LogP contribution in [-0.4, -0.2) is 58.5 Å². The molecule has 0 saturated carbocycles. The molecule has 1 unspecified atom stereocenters. The molecule has 0 aliphatic carbocycles. The van der Waals surface area contributed by atoms with Gasteiger partial charge in [-0.05, 0) is 42.6 Å². The van der Waals surface area contributed by atoms with Gasteiger partial charge in [-0.15, -0.1) is 10.2 Å². The third-order valence-corrected chi connectivity index (χ3v) is 5.04. The van der Waals surface area contributed by atoms with Gasteiger partial charge in [-0.25, -0.2) is 4.68 Å². The molecule has 160 valence electrons. The number of carbonyl (C=O) groups excluding carboxylic acids is 1. The third kappa shape index (κ3) is 4.60. The van der Waals surface area contributed by atoms with E-state index in [0.29, 0.717) is 4.68 Å². The van der Waals surface area contributed by atoms with Crippen LogP contribution >= 0.6 is 11.3 Å². The summed E-state index contributed by atoms with van der Waals surface area (Å²) in [6.07, 6.45) is -3.96. The molecule has 30 heavy (non-hydrogen) atoms. The largest absolute Gasteiger partial charge is 0.480 e. The van der Waals surface area contributed by atoms with Crippen LogP contribution in [0.2, 0.25) is 0 Å². The van der Waals surface area contributed by atoms with Gasteiger partial charge in [0.1, 0.15) is 0 Å². The number of amides is 1. The Morgan fingerprint density at radius 3 is 2.60 bits per heavy atom. The first-order valence-corrected chi connectivity index (χ1v) is 9.66. The molecule has 0 aliphatic rings. The van der Waals surface area contributed by atoms with Crippen molar-refractivity contribution >= 4 is 17.2 Å². The van der Waals surface area contributed by atoms with Crippen LogP contribution in [0, 0.1) is 0 Å². The predicted molar refractivity (Wildman–Crippen MR) is 104 cm³/mol. The van der Waals surface area contributed by atoms with Crippen molar-refractivity contribution in [2.75, 3.05) is 27.7 Å². The Morgan fingerprint density at radius 1 is 1.30 bits per heavy atom. The van der Waals surface area contributed by atoms with Gasteiger partial charge in [0.25, 0.3) is 5.91 Å². The van der Waals surface area contributed by atoms with Crippen molar-refractivity contribution in [1.29, 1.82) is 0 Å². The summed E-state index contributed by atoms with van der Waals surface area (Å²) in [5.74, 6) is -0.927. The molecule has 0 saturated heterocycles. The molecule has 12 heteroatoms. The molecule has 0 radical (unpaired) electrons. The Kier molecular flexibility index (Phi) is 6.37. The summed E-state index contributed by atoms with van der Waals surface area (Å²) in [6.45, 7) is 0.132. The van der Waals surface area contributed by atoms with E-state index in [1.54, 1.807) is 0 Å². The van der Waals surface area contributed by atoms with E-state index in [0.717, 1.165) is 11.8 Å². The standard InChI is InChI=1S/C18H19F3N6O2S/c1-26(2)13(11-6-7-30-10-11)9-22-17(28)12-8-23-27(16(12)18(19,20)21)14-4-5-15(29-3)25-24-14/h4-8,10,13H,9H2,1-3H3,(H,22,28). The van der Waals surface area contributed by atoms with Crippen LogP contribution in [0.25, 0.3) is 5.82 Å². The number of nitrogens with zero attached hydrogens (tertiary/aromatic N) is 5. The number of halogens is 3. The summed E-state index contributed by atoms with van der Waals surface area (Å²) in [4.78, 5) is 14.5. The zero-order chi connectivity index (χ0) is 21.9. The number of methoxy groups -OCH3 is 1. The predicted octanol–water partition coefficient (Wildman–Crippen LogP) is 2.78. The summed E-state index contributed by atoms with van der Waals surface area (Å²) in [5, 5.41) is 17.5. The molecule has 0 aliphatic heterocycles. The highest BCUT2D eigenvalue weighted by Crippen LogP contribution is 2.33. The molecule has 0 fully saturated rings. The SMILES string of the molecule is COc1ccc(-n2ncc(C(=O)NCC(c3ccsc3)N(C)C)c2C(F)(F)F)nn1. The number of hydrogen-bond acceptors (Lipinski definition) is 7. The first-order valence-electron chi connectivity index (χ1n) is 8.72. The third-order valence-electron chi connectivity index (χ3n) is 4.34. The second kappa shape index (κ2) is 8.79. The summed E-state index contributed by atoms with van der Waals surface area (Å²) in [7, 11) is 5.02. The Bertz CT molecular complexity index is 987. The number of nitrogens with one attached hydrogen (secondary N) is 1. The summed E-state index contributed by atoms with van der Waals surface area (Å²) in [6, 6.07) is 4.35. The minimum absolute atomic E-state index is 0.132. The zero-order valence-electron chi connectivity index (χ0n) is 16.3. The first kappa shape index (κ1) is 21.7. The van der Waals surface area contributed by atoms with Crippen molar-refractivity contribution in [3.63, 3.8) is 0 Å². The van der Waals surface area contributed by atoms with Gasteiger partial charge in [-0.2, -0.15) is 29.6 Å². The Balaban J connectivity index is 1.87. The van der Waals surface area contributed by atoms with Crippen molar-refractivity contribution in [2.45, 2.75) is 12.2 Å². The van der Waals surface area contributed by atoms with Crippen molar-refractivity contribution in [3.8, 4) is 11.7 Å². The smallest absolute Gasteiger partial charge is 0.434 e. The average molecular weight is 440 g/mol. The topological polar surface area (TPSA) is 85.2 Å². The summed E-state index contributed by atoms with van der Waals surface area (Å²) in [5.41, 5.74) is -0.857. The quantitative estimate of drug-likeness (QED) is 0.608. The normalized spacial score (nSPS) is 12.8. The van der Waals surface area contributed by atoms with Crippen LogP contribution in [0.3, 0.4) is 0 Å². The molecule has 0 aromatic carbocycles. The number of aromatic nitrogens is 4. The number of thiophene rings is 1. The van der Waals surface area contributed by atoms with Crippen LogP contribution < -0.4 is 10.1 Å². The number of ether oxygens (including phenoxy) is 1. The second-order valence-electron chi connectivity index (χ2n) is 6.50. The van der Waals surface area contributed by atoms with Gasteiger partial charge < -0.3 is 15.0 Å². The van der Waals surface area contributed by atoms with E-state index in [1.807, 2.05) is 35.8 Å². The number of carbonyl (C=O) groups is 1. The van der Waals surface area contributed by atoms with Crippen molar-refractivity contribution < 1.29 is 22.7 Å². The molecular formula is C18H19F3N6O2S. The number of hydrogen-bond donors (Lipinski definition) is 1.